The van der Waals surface area contributed by atoms with Crippen LogP contribution in [0.25, 0.3) is 22.2 Å². The number of aromatic amines is 1. The zero-order valence-corrected chi connectivity index (χ0v) is 13.0. The summed E-state index contributed by atoms with van der Waals surface area (Å²) in [5, 5.41) is 11.4. The minimum atomic E-state index is -0.407. The van der Waals surface area contributed by atoms with Crippen LogP contribution < -0.4 is 9.64 Å². The lowest BCUT2D eigenvalue weighted by molar-refractivity contribution is -0.383. The van der Waals surface area contributed by atoms with Gasteiger partial charge in [-0.3, -0.25) is 10.1 Å². The molecule has 3 rings (SSSR count). The van der Waals surface area contributed by atoms with Gasteiger partial charge in [-0.1, -0.05) is 12.1 Å². The van der Waals surface area contributed by atoms with Crippen molar-refractivity contribution < 1.29 is 9.66 Å². The number of aromatic nitrogens is 2. The number of hydrogen-bond acceptors (Lipinski definition) is 5. The molecular formula is C16H16N4O3. The monoisotopic (exact) mass is 312 g/mol. The molecule has 7 heteroatoms. The van der Waals surface area contributed by atoms with Crippen LogP contribution in [0.3, 0.4) is 0 Å². The third-order valence-corrected chi connectivity index (χ3v) is 3.60. The van der Waals surface area contributed by atoms with Gasteiger partial charge in [0.25, 0.3) is 5.69 Å². The Morgan fingerprint density at radius 1 is 1.17 bits per heavy atom. The lowest BCUT2D eigenvalue weighted by atomic mass is 10.0. The van der Waals surface area contributed by atoms with Crippen molar-refractivity contribution >= 4 is 22.7 Å². The molecule has 0 aliphatic heterocycles. The number of H-pyrrole nitrogens is 1. The lowest BCUT2D eigenvalue weighted by Crippen LogP contribution is -2.09. The first-order chi connectivity index (χ1) is 11.0. The number of anilines is 1. The third kappa shape index (κ3) is 2.68. The van der Waals surface area contributed by atoms with Gasteiger partial charge in [0.2, 0.25) is 5.95 Å². The Bertz CT molecular complexity index is 869. The molecule has 1 N–H and O–H groups in total. The summed E-state index contributed by atoms with van der Waals surface area (Å²) in [6.07, 6.45) is 0. The van der Waals surface area contributed by atoms with E-state index in [1.165, 1.54) is 0 Å². The van der Waals surface area contributed by atoms with Crippen LogP contribution >= 0.6 is 0 Å². The first kappa shape index (κ1) is 14.8. The number of nitrogens with one attached hydrogen (secondary N) is 1. The van der Waals surface area contributed by atoms with E-state index in [9.17, 15) is 10.1 Å². The SMILES string of the molecule is COc1ccc(-c2cc([N+](=O)[O-])c3nc(N(C)C)[nH]c3c2)cc1. The second-order valence-electron chi connectivity index (χ2n) is 5.33. The molecule has 0 bridgehead atoms. The van der Waals surface area contributed by atoms with E-state index in [0.29, 0.717) is 17.0 Å². The summed E-state index contributed by atoms with van der Waals surface area (Å²) < 4.78 is 5.14. The highest BCUT2D eigenvalue weighted by Crippen LogP contribution is 2.33. The van der Waals surface area contributed by atoms with Gasteiger partial charge in [-0.05, 0) is 29.3 Å². The highest BCUT2D eigenvalue weighted by molar-refractivity contribution is 5.91. The summed E-state index contributed by atoms with van der Waals surface area (Å²) in [7, 11) is 5.25. The number of methoxy groups -OCH3 is 1. The van der Waals surface area contributed by atoms with Gasteiger partial charge in [-0.25, -0.2) is 4.98 Å². The first-order valence-electron chi connectivity index (χ1n) is 6.99. The average molecular weight is 312 g/mol. The predicted octanol–water partition coefficient (Wildman–Crippen LogP) is 3.21. The molecule has 0 amide bonds. The number of nitrogens with zero attached hydrogens (tertiary/aromatic N) is 3. The molecule has 0 fully saturated rings. The summed E-state index contributed by atoms with van der Waals surface area (Å²) in [5.74, 6) is 1.32. The Morgan fingerprint density at radius 3 is 2.43 bits per heavy atom. The first-order valence-corrected chi connectivity index (χ1v) is 6.99. The number of nitro groups is 1. The summed E-state index contributed by atoms with van der Waals surface area (Å²) in [4.78, 5) is 20.2. The van der Waals surface area contributed by atoms with Gasteiger partial charge in [0, 0.05) is 20.2 Å². The van der Waals surface area contributed by atoms with E-state index < -0.39 is 4.92 Å². The standard InChI is InChI=1S/C16H16N4O3/c1-19(2)16-17-13-8-11(9-14(20(21)22)15(13)18-16)10-4-6-12(23-3)7-5-10/h4-9H,1-3H3,(H,17,18). The zero-order chi connectivity index (χ0) is 16.6. The van der Waals surface area contributed by atoms with E-state index in [2.05, 4.69) is 9.97 Å². The quantitative estimate of drug-likeness (QED) is 0.590. The zero-order valence-electron chi connectivity index (χ0n) is 13.0. The number of benzene rings is 2. The highest BCUT2D eigenvalue weighted by atomic mass is 16.6. The molecule has 0 saturated carbocycles. The molecule has 0 unspecified atom stereocenters. The van der Waals surface area contributed by atoms with Crippen molar-refractivity contribution in [3.8, 4) is 16.9 Å². The molecule has 0 spiro atoms. The van der Waals surface area contributed by atoms with E-state index in [1.54, 1.807) is 18.1 Å². The molecule has 1 heterocycles. The van der Waals surface area contributed by atoms with E-state index >= 15 is 0 Å². The molecule has 2 aromatic carbocycles. The summed E-state index contributed by atoms with van der Waals surface area (Å²) in [6, 6.07) is 10.8. The third-order valence-electron chi connectivity index (χ3n) is 3.60. The fourth-order valence-electron chi connectivity index (χ4n) is 2.39. The van der Waals surface area contributed by atoms with Crippen LogP contribution in [-0.4, -0.2) is 36.1 Å². The van der Waals surface area contributed by atoms with Crippen molar-refractivity contribution in [2.24, 2.45) is 0 Å². The van der Waals surface area contributed by atoms with E-state index in [4.69, 9.17) is 4.74 Å². The number of fused-ring (bicyclic) bond motifs is 1. The van der Waals surface area contributed by atoms with Gasteiger partial charge in [0.1, 0.15) is 5.75 Å². The number of hydrogen-bond donors (Lipinski definition) is 1. The van der Waals surface area contributed by atoms with Crippen molar-refractivity contribution in [1.29, 1.82) is 0 Å². The molecule has 0 saturated heterocycles. The van der Waals surface area contributed by atoms with E-state index in [-0.39, 0.29) is 5.69 Å². The number of non-ortho nitro benzene ring substituents is 1. The Balaban J connectivity index is 2.19. The Kier molecular flexibility index (Phi) is 3.61. The molecule has 0 aliphatic carbocycles. The maximum atomic E-state index is 11.4. The maximum absolute atomic E-state index is 11.4. The van der Waals surface area contributed by atoms with Crippen LogP contribution in [0.5, 0.6) is 5.75 Å². The average Bonchev–Trinajstić information content (AvgIpc) is 2.98. The smallest absolute Gasteiger partial charge is 0.297 e. The van der Waals surface area contributed by atoms with Crippen molar-refractivity contribution in [2.45, 2.75) is 0 Å². The molecule has 3 aromatic rings. The van der Waals surface area contributed by atoms with Gasteiger partial charge >= 0.3 is 0 Å². The van der Waals surface area contributed by atoms with Crippen molar-refractivity contribution in [1.82, 2.24) is 9.97 Å². The molecule has 0 atom stereocenters. The summed E-state index contributed by atoms with van der Waals surface area (Å²) in [6.45, 7) is 0. The number of rotatable bonds is 4. The molecule has 1 aromatic heterocycles. The molecule has 7 nitrogen and oxygen atoms in total. The molecule has 0 aliphatic rings. The Morgan fingerprint density at radius 2 is 1.87 bits per heavy atom. The fraction of sp³-hybridized carbons (Fsp3) is 0.188. The van der Waals surface area contributed by atoms with Crippen LogP contribution in [0.2, 0.25) is 0 Å². The van der Waals surface area contributed by atoms with Crippen molar-refractivity contribution in [2.75, 3.05) is 26.1 Å². The number of imidazole rings is 1. The molecule has 23 heavy (non-hydrogen) atoms. The van der Waals surface area contributed by atoms with E-state index in [0.717, 1.165) is 16.9 Å². The van der Waals surface area contributed by atoms with Crippen molar-refractivity contribution in [3.63, 3.8) is 0 Å². The molecule has 118 valence electrons. The van der Waals surface area contributed by atoms with Crippen LogP contribution in [0.1, 0.15) is 0 Å². The summed E-state index contributed by atoms with van der Waals surface area (Å²) >= 11 is 0. The minimum Gasteiger partial charge on any atom is -0.497 e. The number of ether oxygens (including phenoxy) is 1. The van der Waals surface area contributed by atoms with Crippen LogP contribution in [0, 0.1) is 10.1 Å². The second-order valence-corrected chi connectivity index (χ2v) is 5.33. The van der Waals surface area contributed by atoms with E-state index in [1.807, 2.05) is 44.4 Å². The van der Waals surface area contributed by atoms with Crippen LogP contribution in [0.15, 0.2) is 36.4 Å². The lowest BCUT2D eigenvalue weighted by Gasteiger charge is -2.05. The highest BCUT2D eigenvalue weighted by Gasteiger charge is 2.19. The van der Waals surface area contributed by atoms with Gasteiger partial charge in [-0.2, -0.15) is 0 Å². The second kappa shape index (κ2) is 5.60. The Labute approximate surface area is 132 Å². The Hall–Kier alpha value is -3.09. The van der Waals surface area contributed by atoms with Gasteiger partial charge in [0.15, 0.2) is 5.52 Å². The largest absolute Gasteiger partial charge is 0.497 e. The van der Waals surface area contributed by atoms with Gasteiger partial charge in [0.05, 0.1) is 17.5 Å². The fourth-order valence-corrected chi connectivity index (χ4v) is 2.39. The topological polar surface area (TPSA) is 84.3 Å². The normalized spacial score (nSPS) is 10.7. The summed E-state index contributed by atoms with van der Waals surface area (Å²) in [5.41, 5.74) is 2.60. The maximum Gasteiger partial charge on any atom is 0.297 e. The van der Waals surface area contributed by atoms with Crippen LogP contribution in [0.4, 0.5) is 11.6 Å². The predicted molar refractivity (Wildman–Crippen MR) is 89.1 cm³/mol. The van der Waals surface area contributed by atoms with Gasteiger partial charge in [-0.15, -0.1) is 0 Å². The minimum absolute atomic E-state index is 0.0160. The van der Waals surface area contributed by atoms with Gasteiger partial charge < -0.3 is 14.6 Å². The molecule has 0 radical (unpaired) electrons. The van der Waals surface area contributed by atoms with Crippen molar-refractivity contribution in [3.05, 3.63) is 46.5 Å². The number of nitro benzene ring substituents is 1. The molecular weight excluding hydrogens is 296 g/mol. The van der Waals surface area contributed by atoms with Crippen LogP contribution in [-0.2, 0) is 0 Å².